The first kappa shape index (κ1) is 19.2. The Labute approximate surface area is 149 Å². The fraction of sp³-hybridized carbons (Fsp3) is 0.222. The normalized spacial score (nSPS) is 11.4. The first-order valence-electron chi connectivity index (χ1n) is 7.95. The Balaban J connectivity index is 1.94. The molecule has 0 aromatic heterocycles. The second-order valence-corrected chi connectivity index (χ2v) is 5.40. The molecule has 6 nitrogen and oxygen atoms in total. The smallest absolute Gasteiger partial charge is 0.411 e. The number of benzene rings is 2. The van der Waals surface area contributed by atoms with Crippen molar-refractivity contribution in [2.45, 2.75) is 19.9 Å². The third kappa shape index (κ3) is 5.44. The summed E-state index contributed by atoms with van der Waals surface area (Å²) in [4.78, 5) is 23.5. The predicted octanol–water partition coefficient (Wildman–Crippen LogP) is 3.97. The molecule has 2 rings (SSSR count). The Morgan fingerprint density at radius 2 is 1.69 bits per heavy atom. The maximum Gasteiger partial charge on any atom is 0.411 e. The highest BCUT2D eigenvalue weighted by Gasteiger charge is 2.15. The maximum atomic E-state index is 13.6. The van der Waals surface area contributed by atoms with Crippen molar-refractivity contribution in [3.05, 3.63) is 54.1 Å². The number of carbonyl (C=O) groups is 2. The lowest BCUT2D eigenvalue weighted by Gasteiger charge is -2.16. The lowest BCUT2D eigenvalue weighted by atomic mass is 10.2. The van der Waals surface area contributed by atoms with E-state index < -0.39 is 29.7 Å². The largest absolute Gasteiger partial charge is 0.450 e. The van der Waals surface area contributed by atoms with Crippen LogP contribution in [0.25, 0.3) is 0 Å². The van der Waals surface area contributed by atoms with Gasteiger partial charge >= 0.3 is 6.09 Å². The number of ether oxygens (including phenoxy) is 1. The molecule has 1 atom stereocenters. The van der Waals surface area contributed by atoms with Gasteiger partial charge < -0.3 is 15.4 Å². The van der Waals surface area contributed by atoms with E-state index in [0.29, 0.717) is 11.4 Å². The lowest BCUT2D eigenvalue weighted by Crippen LogP contribution is -2.32. The summed E-state index contributed by atoms with van der Waals surface area (Å²) >= 11 is 0. The van der Waals surface area contributed by atoms with E-state index in [-0.39, 0.29) is 12.3 Å². The Morgan fingerprint density at radius 3 is 2.35 bits per heavy atom. The van der Waals surface area contributed by atoms with Crippen LogP contribution < -0.4 is 16.0 Å². The van der Waals surface area contributed by atoms with Gasteiger partial charge in [-0.2, -0.15) is 0 Å². The van der Waals surface area contributed by atoms with Crippen LogP contribution in [0.5, 0.6) is 0 Å². The molecular weight excluding hydrogens is 344 g/mol. The van der Waals surface area contributed by atoms with Gasteiger partial charge in [0.15, 0.2) is 0 Å². The first-order chi connectivity index (χ1) is 12.4. The van der Waals surface area contributed by atoms with Crippen LogP contribution in [0.15, 0.2) is 42.5 Å². The third-order valence-corrected chi connectivity index (χ3v) is 3.37. The van der Waals surface area contributed by atoms with E-state index in [9.17, 15) is 18.4 Å². The average Bonchev–Trinajstić information content (AvgIpc) is 2.60. The molecule has 2 aromatic rings. The van der Waals surface area contributed by atoms with Gasteiger partial charge in [-0.1, -0.05) is 0 Å². The molecule has 0 radical (unpaired) electrons. The van der Waals surface area contributed by atoms with Crippen LogP contribution in [0.2, 0.25) is 0 Å². The van der Waals surface area contributed by atoms with Crippen LogP contribution in [-0.4, -0.2) is 24.6 Å². The van der Waals surface area contributed by atoms with E-state index in [1.807, 2.05) is 0 Å². The molecule has 0 saturated carbocycles. The van der Waals surface area contributed by atoms with E-state index >= 15 is 0 Å². The van der Waals surface area contributed by atoms with Crippen LogP contribution in [0, 0.1) is 11.6 Å². The van der Waals surface area contributed by atoms with E-state index in [4.69, 9.17) is 4.74 Å². The number of halogens is 2. The molecule has 0 fully saturated rings. The van der Waals surface area contributed by atoms with Gasteiger partial charge in [0.1, 0.15) is 17.7 Å². The van der Waals surface area contributed by atoms with Gasteiger partial charge in [-0.15, -0.1) is 0 Å². The van der Waals surface area contributed by atoms with Crippen LogP contribution in [0.4, 0.5) is 30.6 Å². The van der Waals surface area contributed by atoms with Crippen molar-refractivity contribution in [2.75, 3.05) is 22.6 Å². The van der Waals surface area contributed by atoms with Gasteiger partial charge in [0.2, 0.25) is 5.91 Å². The number of anilines is 3. The van der Waals surface area contributed by atoms with Crippen LogP contribution in [0.3, 0.4) is 0 Å². The highest BCUT2D eigenvalue weighted by Crippen LogP contribution is 2.17. The summed E-state index contributed by atoms with van der Waals surface area (Å²) in [6.07, 6.45) is -0.557. The predicted molar refractivity (Wildman–Crippen MR) is 95.2 cm³/mol. The lowest BCUT2D eigenvalue weighted by molar-refractivity contribution is -0.116. The van der Waals surface area contributed by atoms with Gasteiger partial charge in [-0.3, -0.25) is 10.1 Å². The van der Waals surface area contributed by atoms with E-state index in [0.717, 1.165) is 18.2 Å². The molecule has 0 heterocycles. The molecule has 0 aliphatic carbocycles. The number of amides is 2. The van der Waals surface area contributed by atoms with E-state index in [2.05, 4.69) is 16.0 Å². The molecule has 0 aliphatic rings. The third-order valence-electron chi connectivity index (χ3n) is 3.37. The molecule has 138 valence electrons. The van der Waals surface area contributed by atoms with Gasteiger partial charge in [-0.25, -0.2) is 13.6 Å². The fourth-order valence-electron chi connectivity index (χ4n) is 2.08. The highest BCUT2D eigenvalue weighted by molar-refractivity contribution is 5.96. The minimum Gasteiger partial charge on any atom is -0.450 e. The molecule has 2 amide bonds. The zero-order valence-corrected chi connectivity index (χ0v) is 14.3. The molecule has 1 unspecified atom stereocenters. The standard InChI is InChI=1S/C18H19F2N3O3/c1-3-26-18(25)22-14-7-5-13(6-8-14)21-11(2)17(24)23-16-10-12(19)4-9-15(16)20/h4-11,21H,3H2,1-2H3,(H,22,25)(H,23,24). The first-order valence-corrected chi connectivity index (χ1v) is 7.95. The molecular formula is C18H19F2N3O3. The summed E-state index contributed by atoms with van der Waals surface area (Å²) in [7, 11) is 0. The highest BCUT2D eigenvalue weighted by atomic mass is 19.1. The summed E-state index contributed by atoms with van der Waals surface area (Å²) in [5, 5.41) is 7.81. The summed E-state index contributed by atoms with van der Waals surface area (Å²) in [5.41, 5.74) is 0.923. The number of hydrogen-bond acceptors (Lipinski definition) is 4. The van der Waals surface area contributed by atoms with E-state index in [1.165, 1.54) is 0 Å². The molecule has 0 aliphatic heterocycles. The molecule has 0 bridgehead atoms. The SMILES string of the molecule is CCOC(=O)Nc1ccc(NC(C)C(=O)Nc2cc(F)ccc2F)cc1. The summed E-state index contributed by atoms with van der Waals surface area (Å²) in [6.45, 7) is 3.55. The molecule has 0 saturated heterocycles. The van der Waals surface area contributed by atoms with Gasteiger partial charge in [0, 0.05) is 17.4 Å². The number of rotatable bonds is 6. The summed E-state index contributed by atoms with van der Waals surface area (Å²) < 4.78 is 31.5. The van der Waals surface area contributed by atoms with Gasteiger partial charge in [-0.05, 0) is 50.2 Å². The summed E-state index contributed by atoms with van der Waals surface area (Å²) in [5.74, 6) is -1.89. The van der Waals surface area contributed by atoms with Gasteiger partial charge in [0.05, 0.1) is 12.3 Å². The van der Waals surface area contributed by atoms with Crippen LogP contribution in [0.1, 0.15) is 13.8 Å². The van der Waals surface area contributed by atoms with Crippen LogP contribution in [-0.2, 0) is 9.53 Å². The van der Waals surface area contributed by atoms with Crippen molar-refractivity contribution in [1.82, 2.24) is 0 Å². The quantitative estimate of drug-likeness (QED) is 0.725. The molecule has 26 heavy (non-hydrogen) atoms. The molecule has 0 spiro atoms. The Morgan fingerprint density at radius 1 is 1.04 bits per heavy atom. The average molecular weight is 363 g/mol. The zero-order chi connectivity index (χ0) is 19.1. The second kappa shape index (κ2) is 8.80. The zero-order valence-electron chi connectivity index (χ0n) is 14.3. The van der Waals surface area contributed by atoms with Crippen molar-refractivity contribution in [1.29, 1.82) is 0 Å². The Hall–Kier alpha value is -3.16. The number of nitrogens with one attached hydrogen (secondary N) is 3. The van der Waals surface area contributed by atoms with Crippen molar-refractivity contribution in [3.63, 3.8) is 0 Å². The Bertz CT molecular complexity index is 782. The number of hydrogen-bond donors (Lipinski definition) is 3. The number of carbonyl (C=O) groups excluding carboxylic acids is 2. The fourth-order valence-corrected chi connectivity index (χ4v) is 2.08. The Kier molecular flexibility index (Phi) is 6.48. The van der Waals surface area contributed by atoms with Crippen LogP contribution >= 0.6 is 0 Å². The minimum absolute atomic E-state index is 0.224. The van der Waals surface area contributed by atoms with Crippen molar-refractivity contribution in [2.24, 2.45) is 0 Å². The topological polar surface area (TPSA) is 79.5 Å². The molecule has 3 N–H and O–H groups in total. The van der Waals surface area contributed by atoms with Gasteiger partial charge in [0.25, 0.3) is 0 Å². The second-order valence-electron chi connectivity index (χ2n) is 5.40. The minimum atomic E-state index is -0.721. The monoisotopic (exact) mass is 363 g/mol. The molecule has 2 aromatic carbocycles. The molecule has 8 heteroatoms. The van der Waals surface area contributed by atoms with Crippen molar-refractivity contribution < 1.29 is 23.1 Å². The van der Waals surface area contributed by atoms with Crippen molar-refractivity contribution in [3.8, 4) is 0 Å². The maximum absolute atomic E-state index is 13.6. The van der Waals surface area contributed by atoms with Crippen molar-refractivity contribution >= 4 is 29.1 Å². The van der Waals surface area contributed by atoms with E-state index in [1.54, 1.807) is 38.1 Å². The summed E-state index contributed by atoms with van der Waals surface area (Å²) in [6, 6.07) is 8.71.